The second-order valence-electron chi connectivity index (χ2n) is 6.02. The number of hydrogen-bond donors (Lipinski definition) is 0. The molecular weight excluding hydrogens is 296 g/mol. The Labute approximate surface area is 145 Å². The maximum absolute atomic E-state index is 5.83. The molecule has 3 nitrogen and oxygen atoms in total. The number of benzene rings is 2. The zero-order valence-electron chi connectivity index (χ0n) is 14.6. The molecule has 125 valence electrons. The number of methoxy groups -OCH3 is 1. The normalized spacial score (nSPS) is 18.0. The third-order valence-corrected chi connectivity index (χ3v) is 4.46. The lowest BCUT2D eigenvalue weighted by molar-refractivity contribution is 0.267. The number of rotatable bonds is 5. The minimum absolute atomic E-state index is 0.266. The van der Waals surface area contributed by atoms with E-state index in [4.69, 9.17) is 4.74 Å². The molecule has 0 spiro atoms. The second-order valence-corrected chi connectivity index (χ2v) is 6.02. The maximum atomic E-state index is 5.83. The van der Waals surface area contributed by atoms with Crippen molar-refractivity contribution in [2.24, 2.45) is 0 Å². The van der Waals surface area contributed by atoms with Crippen LogP contribution in [0.15, 0.2) is 72.1 Å². The van der Waals surface area contributed by atoms with Gasteiger partial charge < -0.3 is 9.64 Å². The molecule has 3 heteroatoms. The van der Waals surface area contributed by atoms with Gasteiger partial charge in [-0.1, -0.05) is 49.7 Å². The minimum atomic E-state index is 0.266. The molecule has 1 radical (unpaired) electrons. The predicted octanol–water partition coefficient (Wildman–Crippen LogP) is 5.18. The van der Waals surface area contributed by atoms with Crippen LogP contribution in [0.4, 0.5) is 11.4 Å². The van der Waals surface area contributed by atoms with E-state index in [1.54, 1.807) is 7.11 Å². The van der Waals surface area contributed by atoms with E-state index in [0.717, 1.165) is 24.4 Å². The van der Waals surface area contributed by atoms with Gasteiger partial charge in [0.1, 0.15) is 6.67 Å². The van der Waals surface area contributed by atoms with Crippen molar-refractivity contribution in [3.8, 4) is 0 Å². The first-order valence-corrected chi connectivity index (χ1v) is 8.56. The Bertz CT molecular complexity index is 681. The van der Waals surface area contributed by atoms with Crippen molar-refractivity contribution in [3.63, 3.8) is 0 Å². The Hall–Kier alpha value is -2.42. The lowest BCUT2D eigenvalue weighted by Crippen LogP contribution is -2.45. The molecule has 0 amide bonds. The van der Waals surface area contributed by atoms with Gasteiger partial charge in [-0.15, -0.1) is 0 Å². The van der Waals surface area contributed by atoms with Crippen LogP contribution in [-0.2, 0) is 4.74 Å². The number of para-hydroxylation sites is 2. The lowest BCUT2D eigenvalue weighted by atomic mass is 9.99. The molecule has 0 fully saturated rings. The van der Waals surface area contributed by atoms with Crippen LogP contribution in [0.3, 0.4) is 0 Å². The van der Waals surface area contributed by atoms with Gasteiger partial charge in [0.05, 0.1) is 13.2 Å². The van der Waals surface area contributed by atoms with E-state index in [1.165, 1.54) is 11.3 Å². The summed E-state index contributed by atoms with van der Waals surface area (Å²) in [6, 6.07) is 21.1. The monoisotopic (exact) mass is 321 g/mol. The van der Waals surface area contributed by atoms with E-state index in [2.05, 4.69) is 84.9 Å². The molecule has 1 aliphatic rings. The van der Waals surface area contributed by atoms with Gasteiger partial charge >= 0.3 is 0 Å². The molecule has 0 bridgehead atoms. The Kier molecular flexibility index (Phi) is 5.09. The van der Waals surface area contributed by atoms with Crippen molar-refractivity contribution >= 4 is 11.4 Å². The van der Waals surface area contributed by atoms with Gasteiger partial charge in [0, 0.05) is 16.9 Å². The SMILES string of the molecule is CCCC1=C(OC)N(c2ccccc2)[CH]N(c2ccccc2)C1C. The molecular formula is C21H25N2O. The van der Waals surface area contributed by atoms with Crippen molar-refractivity contribution in [2.75, 3.05) is 16.9 Å². The fourth-order valence-corrected chi connectivity index (χ4v) is 3.26. The lowest BCUT2D eigenvalue weighted by Gasteiger charge is -2.43. The fourth-order valence-electron chi connectivity index (χ4n) is 3.26. The zero-order chi connectivity index (χ0) is 16.9. The summed E-state index contributed by atoms with van der Waals surface area (Å²) >= 11 is 0. The summed E-state index contributed by atoms with van der Waals surface area (Å²) in [4.78, 5) is 4.47. The zero-order valence-corrected chi connectivity index (χ0v) is 14.6. The highest BCUT2D eigenvalue weighted by atomic mass is 16.5. The van der Waals surface area contributed by atoms with Crippen LogP contribution < -0.4 is 9.80 Å². The minimum Gasteiger partial charge on any atom is -0.482 e. The summed E-state index contributed by atoms with van der Waals surface area (Å²) in [5.74, 6) is 0.947. The van der Waals surface area contributed by atoms with Gasteiger partial charge in [0.2, 0.25) is 0 Å². The smallest absolute Gasteiger partial charge is 0.196 e. The van der Waals surface area contributed by atoms with Crippen molar-refractivity contribution in [2.45, 2.75) is 32.7 Å². The van der Waals surface area contributed by atoms with Gasteiger partial charge in [0.15, 0.2) is 5.88 Å². The Morgan fingerprint density at radius 2 is 1.50 bits per heavy atom. The molecule has 1 unspecified atom stereocenters. The Morgan fingerprint density at radius 1 is 0.917 bits per heavy atom. The summed E-state index contributed by atoms with van der Waals surface area (Å²) in [6.45, 7) is 6.61. The Morgan fingerprint density at radius 3 is 2.04 bits per heavy atom. The average molecular weight is 321 g/mol. The van der Waals surface area contributed by atoms with E-state index in [1.807, 2.05) is 6.07 Å². The van der Waals surface area contributed by atoms with Crippen molar-refractivity contribution in [3.05, 3.63) is 78.8 Å². The van der Waals surface area contributed by atoms with E-state index in [-0.39, 0.29) is 6.04 Å². The van der Waals surface area contributed by atoms with Gasteiger partial charge in [-0.25, -0.2) is 0 Å². The van der Waals surface area contributed by atoms with Crippen LogP contribution in [0.25, 0.3) is 0 Å². The van der Waals surface area contributed by atoms with Crippen LogP contribution in [0.2, 0.25) is 0 Å². The highest BCUT2D eigenvalue weighted by Gasteiger charge is 2.32. The summed E-state index contributed by atoms with van der Waals surface area (Å²) in [6.07, 6.45) is 2.11. The second kappa shape index (κ2) is 7.43. The third-order valence-electron chi connectivity index (χ3n) is 4.46. The van der Waals surface area contributed by atoms with Crippen molar-refractivity contribution in [1.29, 1.82) is 0 Å². The average Bonchev–Trinajstić information content (AvgIpc) is 2.64. The maximum Gasteiger partial charge on any atom is 0.196 e. The topological polar surface area (TPSA) is 15.7 Å². The van der Waals surface area contributed by atoms with Crippen LogP contribution >= 0.6 is 0 Å². The molecule has 1 aliphatic heterocycles. The first-order valence-electron chi connectivity index (χ1n) is 8.56. The van der Waals surface area contributed by atoms with Crippen LogP contribution in [0.5, 0.6) is 0 Å². The molecule has 3 rings (SSSR count). The molecule has 2 aromatic carbocycles. The largest absolute Gasteiger partial charge is 0.482 e. The number of ether oxygens (including phenoxy) is 1. The van der Waals surface area contributed by atoms with Crippen LogP contribution in [0, 0.1) is 6.67 Å². The molecule has 2 aromatic rings. The van der Waals surface area contributed by atoms with Gasteiger partial charge in [0.25, 0.3) is 0 Å². The van der Waals surface area contributed by atoms with Gasteiger partial charge in [-0.3, -0.25) is 4.90 Å². The first-order chi connectivity index (χ1) is 11.8. The highest BCUT2D eigenvalue weighted by Crippen LogP contribution is 2.36. The van der Waals surface area contributed by atoms with Crippen molar-refractivity contribution in [1.82, 2.24) is 0 Å². The summed E-state index contributed by atoms with van der Waals surface area (Å²) in [5, 5.41) is 0. The standard InChI is InChI=1S/C21H25N2O/c1-4-11-20-17(2)22(18-12-7-5-8-13-18)16-23(21(20)24-3)19-14-9-6-10-15-19/h5-10,12-17H,4,11H2,1-3H3. The third kappa shape index (κ3) is 3.12. The molecule has 1 heterocycles. The van der Waals surface area contributed by atoms with Gasteiger partial charge in [-0.2, -0.15) is 0 Å². The molecule has 0 aliphatic carbocycles. The first kappa shape index (κ1) is 16.4. The summed E-state index contributed by atoms with van der Waals surface area (Å²) in [7, 11) is 1.76. The molecule has 0 N–H and O–H groups in total. The highest BCUT2D eigenvalue weighted by molar-refractivity contribution is 5.62. The molecule has 0 saturated heterocycles. The van der Waals surface area contributed by atoms with E-state index in [0.29, 0.717) is 0 Å². The molecule has 24 heavy (non-hydrogen) atoms. The molecule has 0 aromatic heterocycles. The predicted molar refractivity (Wildman–Crippen MR) is 101 cm³/mol. The van der Waals surface area contributed by atoms with Gasteiger partial charge in [-0.05, 0) is 37.6 Å². The Balaban J connectivity index is 2.06. The molecule has 0 saturated carbocycles. The number of nitrogens with zero attached hydrogens (tertiary/aromatic N) is 2. The van der Waals surface area contributed by atoms with E-state index in [9.17, 15) is 0 Å². The summed E-state index contributed by atoms with van der Waals surface area (Å²) < 4.78 is 5.83. The van der Waals surface area contributed by atoms with E-state index >= 15 is 0 Å². The van der Waals surface area contributed by atoms with Crippen LogP contribution in [0.1, 0.15) is 26.7 Å². The summed E-state index contributed by atoms with van der Waals surface area (Å²) in [5.41, 5.74) is 3.63. The van der Waals surface area contributed by atoms with Crippen molar-refractivity contribution < 1.29 is 4.74 Å². The fraction of sp³-hybridized carbons (Fsp3) is 0.286. The number of anilines is 2. The quantitative estimate of drug-likeness (QED) is 0.754. The number of hydrogen-bond acceptors (Lipinski definition) is 3. The molecule has 1 atom stereocenters. The van der Waals surface area contributed by atoms with Crippen LogP contribution in [-0.4, -0.2) is 13.2 Å². The van der Waals surface area contributed by atoms with E-state index < -0.39 is 0 Å².